The van der Waals surface area contributed by atoms with Crippen molar-refractivity contribution in [1.29, 1.82) is 0 Å². The van der Waals surface area contributed by atoms with Crippen LogP contribution in [0.2, 0.25) is 0 Å². The van der Waals surface area contributed by atoms with Gasteiger partial charge in [0.25, 0.3) is 5.34 Å². The van der Waals surface area contributed by atoms with Crippen molar-refractivity contribution in [2.24, 2.45) is 0 Å². The number of aliphatic hydroxyl groups excluding tert-OH is 3. The van der Waals surface area contributed by atoms with E-state index in [9.17, 15) is 14.2 Å². The van der Waals surface area contributed by atoms with Gasteiger partial charge in [-0.1, -0.05) is 0 Å². The average molecular weight is 292 g/mol. The summed E-state index contributed by atoms with van der Waals surface area (Å²) < 4.78 is 10.2. The van der Waals surface area contributed by atoms with E-state index in [0.717, 1.165) is 0 Å². The lowest BCUT2D eigenvalue weighted by Gasteiger charge is -2.20. The van der Waals surface area contributed by atoms with Crippen molar-refractivity contribution < 1.29 is 54.6 Å². The number of hydrogen-bond donors (Lipinski definition) is 8. The first kappa shape index (κ1) is 19.3. The van der Waals surface area contributed by atoms with Crippen LogP contribution in [0.15, 0.2) is 0 Å². The van der Waals surface area contributed by atoms with Gasteiger partial charge in [0.2, 0.25) is 0 Å². The fraction of sp³-hybridized carbons (Fsp3) is 0.667. The van der Waals surface area contributed by atoms with Crippen LogP contribution < -0.4 is 0 Å². The van der Waals surface area contributed by atoms with E-state index in [2.05, 4.69) is 0 Å². The van der Waals surface area contributed by atoms with Gasteiger partial charge in [-0.2, -0.15) is 0 Å². The van der Waals surface area contributed by atoms with E-state index in [4.69, 9.17) is 40.4 Å². The molecule has 0 aromatic heterocycles. The maximum absolute atomic E-state index is 10.2. The van der Waals surface area contributed by atoms with Gasteiger partial charge in [-0.3, -0.25) is 4.57 Å². The summed E-state index contributed by atoms with van der Waals surface area (Å²) in [4.78, 5) is 36.0. The number of carboxylic acids is 2. The molecular formula is C6H13O11P. The second-order valence-electron chi connectivity index (χ2n) is 2.86. The van der Waals surface area contributed by atoms with E-state index in [1.807, 2.05) is 0 Å². The molecule has 0 aliphatic rings. The molecule has 0 radical (unpaired) electrons. The molecule has 2 atom stereocenters. The van der Waals surface area contributed by atoms with E-state index in [0.29, 0.717) is 0 Å². The smallest absolute Gasteiger partial charge is 0.370 e. The van der Waals surface area contributed by atoms with E-state index in [1.54, 1.807) is 0 Å². The molecule has 11 nitrogen and oxygen atoms in total. The highest BCUT2D eigenvalue weighted by Gasteiger charge is 2.52. The first-order valence-electron chi connectivity index (χ1n) is 4.08. The summed E-state index contributed by atoms with van der Waals surface area (Å²) in [7, 11) is -5.24. The van der Waals surface area contributed by atoms with Gasteiger partial charge in [-0.15, -0.1) is 0 Å². The number of rotatable bonds is 5. The zero-order valence-corrected chi connectivity index (χ0v) is 9.64. The van der Waals surface area contributed by atoms with E-state index in [-0.39, 0.29) is 0 Å². The Hall–Kier alpha value is -1.07. The summed E-state index contributed by atoms with van der Waals surface area (Å²) in [6.45, 7) is -2.26. The van der Waals surface area contributed by atoms with Gasteiger partial charge in [0, 0.05) is 0 Å². The quantitative estimate of drug-likeness (QED) is 0.231. The average Bonchev–Trinajstić information content (AvgIpc) is 2.25. The molecule has 0 rings (SSSR count). The highest BCUT2D eigenvalue weighted by atomic mass is 31.2. The topological polar surface area (TPSA) is 213 Å². The molecule has 0 aromatic carbocycles. The van der Waals surface area contributed by atoms with Gasteiger partial charge < -0.3 is 40.4 Å². The maximum Gasteiger partial charge on any atom is 0.370 e. The zero-order valence-electron chi connectivity index (χ0n) is 8.74. The predicted molar refractivity (Wildman–Crippen MR) is 52.4 cm³/mol. The fourth-order valence-electron chi connectivity index (χ4n) is 0.362. The second kappa shape index (κ2) is 7.38. The van der Waals surface area contributed by atoms with Gasteiger partial charge in [0.05, 0.1) is 13.2 Å². The molecule has 0 saturated heterocycles. The maximum atomic E-state index is 10.2. The Morgan fingerprint density at radius 2 is 1.56 bits per heavy atom. The Morgan fingerprint density at radius 1 is 1.17 bits per heavy atom. The molecule has 0 spiro atoms. The zero-order chi connectivity index (χ0) is 15.1. The molecule has 2 unspecified atom stereocenters. The van der Waals surface area contributed by atoms with Crippen molar-refractivity contribution in [3.63, 3.8) is 0 Å². The van der Waals surface area contributed by atoms with Crippen LogP contribution in [-0.4, -0.2) is 77.0 Å². The molecule has 0 aromatic rings. The monoisotopic (exact) mass is 292 g/mol. The molecule has 8 N–H and O–H groups in total. The molecular weight excluding hydrogens is 279 g/mol. The van der Waals surface area contributed by atoms with E-state index in [1.165, 1.54) is 0 Å². The van der Waals surface area contributed by atoms with Gasteiger partial charge in [0.15, 0.2) is 6.10 Å². The predicted octanol–water partition coefficient (Wildman–Crippen LogP) is -3.65. The fourth-order valence-corrected chi connectivity index (χ4v) is 0.796. The van der Waals surface area contributed by atoms with Crippen LogP contribution in [0.4, 0.5) is 0 Å². The van der Waals surface area contributed by atoms with Crippen LogP contribution in [0, 0.1) is 0 Å². The van der Waals surface area contributed by atoms with Gasteiger partial charge >= 0.3 is 19.5 Å². The Morgan fingerprint density at radius 3 is 1.56 bits per heavy atom. The molecule has 18 heavy (non-hydrogen) atoms. The summed E-state index contributed by atoms with van der Waals surface area (Å²) in [5.41, 5.74) is 0. The minimum Gasteiger partial charge on any atom is -0.479 e. The van der Waals surface area contributed by atoms with Crippen LogP contribution in [-0.2, 0) is 14.2 Å². The third-order valence-corrected chi connectivity index (χ3v) is 2.80. The van der Waals surface area contributed by atoms with Crippen LogP contribution in [0.5, 0.6) is 0 Å². The molecule has 0 bridgehead atoms. The third kappa shape index (κ3) is 5.51. The molecule has 0 aliphatic carbocycles. The largest absolute Gasteiger partial charge is 0.479 e. The van der Waals surface area contributed by atoms with Crippen molar-refractivity contribution in [3.05, 3.63) is 0 Å². The Balaban J connectivity index is 0. The number of carboxylic acid groups (broad SMARTS) is 2. The molecule has 0 amide bonds. The van der Waals surface area contributed by atoms with E-state index < -0.39 is 44.2 Å². The summed E-state index contributed by atoms with van der Waals surface area (Å²) in [6.07, 6.45) is -1.63. The van der Waals surface area contributed by atoms with Crippen molar-refractivity contribution in [1.82, 2.24) is 0 Å². The van der Waals surface area contributed by atoms with E-state index >= 15 is 0 Å². The molecule has 108 valence electrons. The lowest BCUT2D eigenvalue weighted by Crippen LogP contribution is -2.41. The molecule has 0 saturated carbocycles. The number of carbonyl (C=O) groups is 2. The summed E-state index contributed by atoms with van der Waals surface area (Å²) in [6, 6.07) is 0. The van der Waals surface area contributed by atoms with Crippen LogP contribution in [0.3, 0.4) is 0 Å². The van der Waals surface area contributed by atoms with Crippen molar-refractivity contribution in [3.8, 4) is 0 Å². The lowest BCUT2D eigenvalue weighted by atomic mass is 10.4. The van der Waals surface area contributed by atoms with Gasteiger partial charge in [0.1, 0.15) is 0 Å². The Bertz CT molecular complexity index is 334. The Labute approximate surface area is 99.7 Å². The summed E-state index contributed by atoms with van der Waals surface area (Å²) in [5.74, 6) is -3.56. The minimum absolute atomic E-state index is 0.727. The highest BCUT2D eigenvalue weighted by molar-refractivity contribution is 7.54. The van der Waals surface area contributed by atoms with Gasteiger partial charge in [-0.05, 0) is 0 Å². The van der Waals surface area contributed by atoms with Crippen LogP contribution in [0.25, 0.3) is 0 Å². The van der Waals surface area contributed by atoms with Crippen molar-refractivity contribution >= 4 is 19.5 Å². The molecule has 0 fully saturated rings. The second-order valence-corrected chi connectivity index (χ2v) is 4.69. The van der Waals surface area contributed by atoms with Gasteiger partial charge in [-0.25, -0.2) is 9.59 Å². The normalized spacial score (nSPS) is 15.9. The molecule has 0 heterocycles. The van der Waals surface area contributed by atoms with Crippen molar-refractivity contribution in [2.75, 3.05) is 13.2 Å². The number of aliphatic hydroxyl groups is 4. The molecule has 12 heteroatoms. The first-order valence-corrected chi connectivity index (χ1v) is 5.69. The van der Waals surface area contributed by atoms with Crippen LogP contribution in [0.1, 0.15) is 0 Å². The van der Waals surface area contributed by atoms with Crippen LogP contribution >= 0.6 is 7.60 Å². The SMILES string of the molecule is O=C(O)C(O)(CO)P(=O)(O)O.O=C(O)C(O)CO. The van der Waals surface area contributed by atoms with Crippen molar-refractivity contribution in [2.45, 2.75) is 11.4 Å². The first-order chi connectivity index (χ1) is 7.93. The highest BCUT2D eigenvalue weighted by Crippen LogP contribution is 2.48. The number of hydrogen-bond acceptors (Lipinski definition) is 7. The summed E-state index contributed by atoms with van der Waals surface area (Å²) >= 11 is 0. The Kier molecular flexibility index (Phi) is 7.91. The number of aliphatic carboxylic acids is 2. The standard InChI is InChI=1S/C3H7O7P.C3H6O4/c4-1-3(7,2(5)6)11(8,9)10;4-1-2(5)3(6)7/h4,7H,1H2,(H,5,6)(H2,8,9,10);2,4-5H,1H2,(H,6,7). The molecule has 0 aliphatic heterocycles. The summed E-state index contributed by atoms with van der Waals surface area (Å²) in [5, 5.41) is 45.2. The third-order valence-electron chi connectivity index (χ3n) is 1.50. The minimum atomic E-state index is -5.24. The lowest BCUT2D eigenvalue weighted by molar-refractivity contribution is -0.154.